The summed E-state index contributed by atoms with van der Waals surface area (Å²) in [6.45, 7) is 7.02. The fraction of sp³-hybridized carbons (Fsp3) is 0.400. The van der Waals surface area contributed by atoms with Gasteiger partial charge in [0.25, 0.3) is 0 Å². The number of hydrogen-bond donors (Lipinski definition) is 1. The first-order chi connectivity index (χ1) is 8.67. The van der Waals surface area contributed by atoms with Gasteiger partial charge in [-0.25, -0.2) is 0 Å². The molecular formula is C15H20N2O. The van der Waals surface area contributed by atoms with E-state index in [1.165, 1.54) is 5.56 Å². The fourth-order valence-corrected chi connectivity index (χ4v) is 2.19. The summed E-state index contributed by atoms with van der Waals surface area (Å²) in [5, 5.41) is 14.8. The predicted octanol–water partition coefficient (Wildman–Crippen LogP) is 3.54. The van der Waals surface area contributed by atoms with Crippen molar-refractivity contribution in [2.45, 2.75) is 40.2 Å². The summed E-state index contributed by atoms with van der Waals surface area (Å²) in [5.41, 5.74) is 3.85. The summed E-state index contributed by atoms with van der Waals surface area (Å²) in [5.74, 6) is 0.330. The molecule has 2 aromatic rings. The van der Waals surface area contributed by atoms with Gasteiger partial charge in [-0.05, 0) is 25.8 Å². The van der Waals surface area contributed by atoms with E-state index in [0.717, 1.165) is 36.3 Å². The van der Waals surface area contributed by atoms with Gasteiger partial charge in [0, 0.05) is 12.1 Å². The van der Waals surface area contributed by atoms with Gasteiger partial charge in [0.05, 0.1) is 0 Å². The van der Waals surface area contributed by atoms with Gasteiger partial charge in [0.1, 0.15) is 11.4 Å². The van der Waals surface area contributed by atoms with Crippen molar-refractivity contribution in [3.63, 3.8) is 0 Å². The van der Waals surface area contributed by atoms with Gasteiger partial charge in [0.15, 0.2) is 5.75 Å². The van der Waals surface area contributed by atoms with Gasteiger partial charge in [-0.1, -0.05) is 37.6 Å². The van der Waals surface area contributed by atoms with Crippen LogP contribution in [0.4, 0.5) is 0 Å². The molecule has 0 spiro atoms. The number of hydrogen-bond acceptors (Lipinski definition) is 2. The van der Waals surface area contributed by atoms with Crippen molar-refractivity contribution >= 4 is 0 Å². The number of benzene rings is 1. The molecule has 1 aromatic carbocycles. The van der Waals surface area contributed by atoms with E-state index < -0.39 is 0 Å². The van der Waals surface area contributed by atoms with Gasteiger partial charge < -0.3 is 5.11 Å². The summed E-state index contributed by atoms with van der Waals surface area (Å²) < 4.78 is 1.92. The van der Waals surface area contributed by atoms with Gasteiger partial charge >= 0.3 is 0 Å². The molecule has 1 heterocycles. The lowest BCUT2D eigenvalue weighted by Gasteiger charge is -2.07. The molecule has 0 saturated heterocycles. The third kappa shape index (κ3) is 2.26. The zero-order valence-corrected chi connectivity index (χ0v) is 11.3. The highest BCUT2D eigenvalue weighted by Crippen LogP contribution is 2.33. The molecule has 0 aliphatic rings. The Bertz CT molecular complexity index is 543. The quantitative estimate of drug-likeness (QED) is 0.893. The van der Waals surface area contributed by atoms with Crippen LogP contribution in [0, 0.1) is 6.92 Å². The van der Waals surface area contributed by atoms with E-state index in [-0.39, 0.29) is 0 Å². The summed E-state index contributed by atoms with van der Waals surface area (Å²) >= 11 is 0. The van der Waals surface area contributed by atoms with Crippen LogP contribution in [-0.4, -0.2) is 14.9 Å². The van der Waals surface area contributed by atoms with Gasteiger partial charge in [-0.3, -0.25) is 4.68 Å². The minimum absolute atomic E-state index is 0.330. The summed E-state index contributed by atoms with van der Waals surface area (Å²) in [7, 11) is 0. The molecule has 3 nitrogen and oxygen atoms in total. The number of aromatic nitrogens is 2. The van der Waals surface area contributed by atoms with Crippen molar-refractivity contribution in [1.82, 2.24) is 9.78 Å². The molecule has 1 aromatic heterocycles. The molecule has 0 radical (unpaired) electrons. The third-order valence-corrected chi connectivity index (χ3v) is 3.06. The van der Waals surface area contributed by atoms with Gasteiger partial charge in [-0.15, -0.1) is 0 Å². The minimum Gasteiger partial charge on any atom is -0.504 e. The van der Waals surface area contributed by atoms with E-state index in [1.54, 1.807) is 0 Å². The Morgan fingerprint density at radius 1 is 1.28 bits per heavy atom. The van der Waals surface area contributed by atoms with E-state index >= 15 is 0 Å². The minimum atomic E-state index is 0.330. The van der Waals surface area contributed by atoms with Crippen molar-refractivity contribution in [1.29, 1.82) is 0 Å². The van der Waals surface area contributed by atoms with E-state index in [9.17, 15) is 5.11 Å². The molecule has 1 N–H and O–H groups in total. The van der Waals surface area contributed by atoms with E-state index in [1.807, 2.05) is 23.7 Å². The Hall–Kier alpha value is -1.77. The SMILES string of the molecule is CCCn1nc(CC)c(O)c1-c1cccc(C)c1. The highest BCUT2D eigenvalue weighted by molar-refractivity contribution is 5.68. The predicted molar refractivity (Wildman–Crippen MR) is 73.7 cm³/mol. The Morgan fingerprint density at radius 3 is 2.67 bits per heavy atom. The summed E-state index contributed by atoms with van der Waals surface area (Å²) in [6.07, 6.45) is 1.75. The van der Waals surface area contributed by atoms with Crippen molar-refractivity contribution in [2.24, 2.45) is 0 Å². The van der Waals surface area contributed by atoms with Crippen LogP contribution in [0.5, 0.6) is 5.75 Å². The average Bonchev–Trinajstić information content (AvgIpc) is 2.66. The first kappa shape index (κ1) is 12.7. The Kier molecular flexibility index (Phi) is 3.70. The second-order valence-electron chi connectivity index (χ2n) is 4.59. The smallest absolute Gasteiger partial charge is 0.164 e. The lowest BCUT2D eigenvalue weighted by Crippen LogP contribution is -2.01. The van der Waals surface area contributed by atoms with Crippen LogP contribution in [-0.2, 0) is 13.0 Å². The molecule has 0 aliphatic heterocycles. The maximum Gasteiger partial charge on any atom is 0.164 e. The van der Waals surface area contributed by atoms with Crippen LogP contribution in [0.3, 0.4) is 0 Å². The summed E-state index contributed by atoms with van der Waals surface area (Å²) in [4.78, 5) is 0. The van der Waals surface area contributed by atoms with Crippen molar-refractivity contribution < 1.29 is 5.11 Å². The normalized spacial score (nSPS) is 10.8. The van der Waals surface area contributed by atoms with Gasteiger partial charge in [0.2, 0.25) is 0 Å². The number of nitrogens with zero attached hydrogens (tertiary/aromatic N) is 2. The van der Waals surface area contributed by atoms with Gasteiger partial charge in [-0.2, -0.15) is 5.10 Å². The highest BCUT2D eigenvalue weighted by atomic mass is 16.3. The second-order valence-corrected chi connectivity index (χ2v) is 4.59. The first-order valence-electron chi connectivity index (χ1n) is 6.53. The van der Waals surface area contributed by atoms with Crippen molar-refractivity contribution in [3.05, 3.63) is 35.5 Å². The second kappa shape index (κ2) is 5.25. The maximum atomic E-state index is 10.3. The molecule has 0 fully saturated rings. The van der Waals surface area contributed by atoms with Crippen LogP contribution < -0.4 is 0 Å². The van der Waals surface area contributed by atoms with E-state index in [4.69, 9.17) is 0 Å². The molecule has 0 amide bonds. The standard InChI is InChI=1S/C15H20N2O/c1-4-9-17-14(15(18)13(5-2)16-17)12-8-6-7-11(3)10-12/h6-8,10,18H,4-5,9H2,1-3H3. The van der Waals surface area contributed by atoms with Crippen LogP contribution in [0.15, 0.2) is 24.3 Å². The molecule has 0 atom stereocenters. The molecule has 0 unspecified atom stereocenters. The molecular weight excluding hydrogens is 224 g/mol. The molecule has 0 saturated carbocycles. The van der Waals surface area contributed by atoms with Crippen molar-refractivity contribution in [3.8, 4) is 17.0 Å². The molecule has 18 heavy (non-hydrogen) atoms. The third-order valence-electron chi connectivity index (χ3n) is 3.06. The van der Waals surface area contributed by atoms with E-state index in [0.29, 0.717) is 5.75 Å². The first-order valence-corrected chi connectivity index (χ1v) is 6.53. The van der Waals surface area contributed by atoms with Crippen LogP contribution >= 0.6 is 0 Å². The van der Waals surface area contributed by atoms with Crippen LogP contribution in [0.25, 0.3) is 11.3 Å². The maximum absolute atomic E-state index is 10.3. The lowest BCUT2D eigenvalue weighted by atomic mass is 10.1. The summed E-state index contributed by atoms with van der Waals surface area (Å²) in [6, 6.07) is 8.18. The molecule has 2 rings (SSSR count). The topological polar surface area (TPSA) is 38.0 Å². The Balaban J connectivity index is 2.57. The zero-order chi connectivity index (χ0) is 13.1. The lowest BCUT2D eigenvalue weighted by molar-refractivity contribution is 0.470. The highest BCUT2D eigenvalue weighted by Gasteiger charge is 2.17. The number of aryl methyl sites for hydroxylation is 3. The number of aromatic hydroxyl groups is 1. The number of rotatable bonds is 4. The Labute approximate surface area is 108 Å². The average molecular weight is 244 g/mol. The zero-order valence-electron chi connectivity index (χ0n) is 11.3. The monoisotopic (exact) mass is 244 g/mol. The molecule has 0 aliphatic carbocycles. The van der Waals surface area contributed by atoms with Crippen LogP contribution in [0.2, 0.25) is 0 Å². The Morgan fingerprint density at radius 2 is 2.06 bits per heavy atom. The molecule has 96 valence electrons. The van der Waals surface area contributed by atoms with Crippen molar-refractivity contribution in [2.75, 3.05) is 0 Å². The fourth-order valence-electron chi connectivity index (χ4n) is 2.19. The molecule has 3 heteroatoms. The van der Waals surface area contributed by atoms with Crippen LogP contribution in [0.1, 0.15) is 31.5 Å². The largest absolute Gasteiger partial charge is 0.504 e. The molecule has 0 bridgehead atoms. The van der Waals surface area contributed by atoms with E-state index in [2.05, 4.69) is 31.1 Å².